The summed E-state index contributed by atoms with van der Waals surface area (Å²) in [4.78, 5) is 11.9. The summed E-state index contributed by atoms with van der Waals surface area (Å²) in [7, 11) is 0. The van der Waals surface area contributed by atoms with Crippen molar-refractivity contribution in [2.75, 3.05) is 16.8 Å². The number of nitrogen functional groups attached to an aromatic ring is 1. The molecule has 1 aromatic heterocycles. The molecule has 0 saturated heterocycles. The zero-order valence-electron chi connectivity index (χ0n) is 11.7. The fourth-order valence-electron chi connectivity index (χ4n) is 1.70. The van der Waals surface area contributed by atoms with Gasteiger partial charge in [-0.3, -0.25) is 9.36 Å². The lowest BCUT2D eigenvalue weighted by Gasteiger charge is -2.06. The fourth-order valence-corrected chi connectivity index (χ4v) is 2.46. The predicted molar refractivity (Wildman–Crippen MR) is 85.1 cm³/mol. The van der Waals surface area contributed by atoms with Gasteiger partial charge in [-0.15, -0.1) is 16.8 Å². The molecule has 112 valence electrons. The summed E-state index contributed by atoms with van der Waals surface area (Å²) < 4.78 is 1.67. The number of amides is 1. The maximum absolute atomic E-state index is 11.9. The SMILES string of the molecule is C=CCn1c(N)nnc1SCC(=O)Nc1cccc(C#N)c1. The van der Waals surface area contributed by atoms with Crippen LogP contribution in [0.25, 0.3) is 0 Å². The minimum absolute atomic E-state index is 0.159. The van der Waals surface area contributed by atoms with Gasteiger partial charge in [0.2, 0.25) is 11.9 Å². The highest BCUT2D eigenvalue weighted by atomic mass is 32.2. The number of nitriles is 1. The third kappa shape index (κ3) is 3.86. The average Bonchev–Trinajstić information content (AvgIpc) is 2.86. The molecule has 7 nitrogen and oxygen atoms in total. The molecular weight excluding hydrogens is 300 g/mol. The van der Waals surface area contributed by atoms with Crippen LogP contribution in [0.5, 0.6) is 0 Å². The predicted octanol–water partition coefficient (Wildman–Crippen LogP) is 1.65. The van der Waals surface area contributed by atoms with E-state index >= 15 is 0 Å². The van der Waals surface area contributed by atoms with Crippen molar-refractivity contribution in [1.29, 1.82) is 5.26 Å². The van der Waals surface area contributed by atoms with Crippen LogP contribution in [-0.2, 0) is 11.3 Å². The highest BCUT2D eigenvalue weighted by Crippen LogP contribution is 2.18. The molecule has 0 spiro atoms. The summed E-state index contributed by atoms with van der Waals surface area (Å²) in [6.45, 7) is 4.12. The molecule has 0 fully saturated rings. The van der Waals surface area contributed by atoms with E-state index in [0.29, 0.717) is 23.0 Å². The summed E-state index contributed by atoms with van der Waals surface area (Å²) in [6, 6.07) is 8.74. The second kappa shape index (κ2) is 7.28. The summed E-state index contributed by atoms with van der Waals surface area (Å²) in [5, 5.41) is 19.8. The number of allylic oxidation sites excluding steroid dienone is 1. The van der Waals surface area contributed by atoms with E-state index in [1.165, 1.54) is 11.8 Å². The first-order chi connectivity index (χ1) is 10.6. The van der Waals surface area contributed by atoms with Gasteiger partial charge in [0.1, 0.15) is 0 Å². The second-order valence-corrected chi connectivity index (χ2v) is 5.21. The van der Waals surface area contributed by atoms with Gasteiger partial charge in [-0.25, -0.2) is 0 Å². The highest BCUT2D eigenvalue weighted by Gasteiger charge is 2.11. The second-order valence-electron chi connectivity index (χ2n) is 4.27. The van der Waals surface area contributed by atoms with Crippen LogP contribution in [0.3, 0.4) is 0 Å². The molecule has 0 aliphatic heterocycles. The van der Waals surface area contributed by atoms with Crippen LogP contribution in [0.2, 0.25) is 0 Å². The average molecular weight is 314 g/mol. The number of carbonyl (C=O) groups is 1. The Labute approximate surface area is 131 Å². The topological polar surface area (TPSA) is 110 Å². The number of thioether (sulfide) groups is 1. The maximum atomic E-state index is 11.9. The maximum Gasteiger partial charge on any atom is 0.234 e. The number of nitrogens with one attached hydrogen (secondary N) is 1. The van der Waals surface area contributed by atoms with Gasteiger partial charge >= 0.3 is 0 Å². The van der Waals surface area contributed by atoms with Gasteiger partial charge in [0.15, 0.2) is 5.16 Å². The van der Waals surface area contributed by atoms with E-state index in [-0.39, 0.29) is 17.6 Å². The van der Waals surface area contributed by atoms with Crippen molar-refractivity contribution >= 4 is 29.3 Å². The van der Waals surface area contributed by atoms with Crippen molar-refractivity contribution in [1.82, 2.24) is 14.8 Å². The van der Waals surface area contributed by atoms with Crippen molar-refractivity contribution < 1.29 is 4.79 Å². The third-order valence-electron chi connectivity index (χ3n) is 2.66. The molecular formula is C14H14N6OS. The Bertz CT molecular complexity index is 733. The summed E-state index contributed by atoms with van der Waals surface area (Å²) >= 11 is 1.23. The molecule has 0 aliphatic carbocycles. The van der Waals surface area contributed by atoms with Crippen LogP contribution in [0.1, 0.15) is 5.56 Å². The number of anilines is 2. The number of hydrogen-bond acceptors (Lipinski definition) is 6. The Hall–Kier alpha value is -2.79. The Morgan fingerprint density at radius 3 is 3.09 bits per heavy atom. The number of carbonyl (C=O) groups excluding carboxylic acids is 1. The summed E-state index contributed by atoms with van der Waals surface area (Å²) in [6.07, 6.45) is 1.68. The van der Waals surface area contributed by atoms with E-state index in [1.807, 2.05) is 6.07 Å². The standard InChI is InChI=1S/C14H14N6OS/c1-2-6-20-13(16)18-19-14(20)22-9-12(21)17-11-5-3-4-10(7-11)8-15/h2-5,7H,1,6,9H2,(H2,16,18)(H,17,21). The van der Waals surface area contributed by atoms with Gasteiger partial charge in [-0.05, 0) is 18.2 Å². The first-order valence-corrected chi connectivity index (χ1v) is 7.35. The molecule has 0 saturated carbocycles. The van der Waals surface area contributed by atoms with E-state index in [4.69, 9.17) is 11.0 Å². The molecule has 0 bridgehead atoms. The number of nitrogens with two attached hydrogens (primary N) is 1. The summed E-state index contributed by atoms with van der Waals surface area (Å²) in [5.41, 5.74) is 6.76. The quantitative estimate of drug-likeness (QED) is 0.619. The number of benzene rings is 1. The smallest absolute Gasteiger partial charge is 0.234 e. The van der Waals surface area contributed by atoms with Crippen molar-refractivity contribution in [3.8, 4) is 6.07 Å². The molecule has 3 N–H and O–H groups in total. The van der Waals surface area contributed by atoms with Crippen molar-refractivity contribution in [3.05, 3.63) is 42.5 Å². The minimum Gasteiger partial charge on any atom is -0.368 e. The number of rotatable bonds is 6. The van der Waals surface area contributed by atoms with Crippen molar-refractivity contribution in [2.24, 2.45) is 0 Å². The first kappa shape index (κ1) is 15.6. The van der Waals surface area contributed by atoms with Crippen LogP contribution < -0.4 is 11.1 Å². The largest absolute Gasteiger partial charge is 0.368 e. The molecule has 1 amide bonds. The molecule has 22 heavy (non-hydrogen) atoms. The van der Waals surface area contributed by atoms with Crippen LogP contribution in [-0.4, -0.2) is 26.4 Å². The van der Waals surface area contributed by atoms with Gasteiger partial charge in [0, 0.05) is 12.2 Å². The van der Waals surface area contributed by atoms with Crippen molar-refractivity contribution in [2.45, 2.75) is 11.7 Å². The Balaban J connectivity index is 1.95. The Kier molecular flexibility index (Phi) is 5.16. The molecule has 2 aromatic rings. The Morgan fingerprint density at radius 2 is 2.36 bits per heavy atom. The third-order valence-corrected chi connectivity index (χ3v) is 3.63. The lowest BCUT2D eigenvalue weighted by molar-refractivity contribution is -0.113. The number of nitrogens with zero attached hydrogens (tertiary/aromatic N) is 4. The highest BCUT2D eigenvalue weighted by molar-refractivity contribution is 7.99. The summed E-state index contributed by atoms with van der Waals surface area (Å²) in [5.74, 6) is 0.239. The molecule has 0 atom stereocenters. The van der Waals surface area contributed by atoms with Crippen LogP contribution >= 0.6 is 11.8 Å². The molecule has 0 radical (unpaired) electrons. The number of aromatic nitrogens is 3. The molecule has 0 unspecified atom stereocenters. The molecule has 8 heteroatoms. The van der Waals surface area contributed by atoms with Gasteiger partial charge < -0.3 is 11.1 Å². The van der Waals surface area contributed by atoms with Crippen LogP contribution in [0, 0.1) is 11.3 Å². The van der Waals surface area contributed by atoms with E-state index in [0.717, 1.165) is 0 Å². The van der Waals surface area contributed by atoms with Gasteiger partial charge in [0.25, 0.3) is 0 Å². The van der Waals surface area contributed by atoms with Crippen LogP contribution in [0.15, 0.2) is 42.1 Å². The van der Waals surface area contributed by atoms with E-state index in [9.17, 15) is 4.79 Å². The zero-order chi connectivity index (χ0) is 15.9. The monoisotopic (exact) mass is 314 g/mol. The molecule has 1 aromatic carbocycles. The lowest BCUT2D eigenvalue weighted by Crippen LogP contribution is -2.14. The van der Waals surface area contributed by atoms with Gasteiger partial charge in [-0.2, -0.15) is 5.26 Å². The Morgan fingerprint density at radius 1 is 1.55 bits per heavy atom. The van der Waals surface area contributed by atoms with E-state index in [2.05, 4.69) is 22.1 Å². The lowest BCUT2D eigenvalue weighted by atomic mass is 10.2. The zero-order valence-corrected chi connectivity index (χ0v) is 12.5. The van der Waals surface area contributed by atoms with Gasteiger partial charge in [-0.1, -0.05) is 23.9 Å². The normalized spacial score (nSPS) is 9.95. The first-order valence-electron chi connectivity index (χ1n) is 6.36. The number of hydrogen-bond donors (Lipinski definition) is 2. The van der Waals surface area contributed by atoms with Gasteiger partial charge in [0.05, 0.1) is 17.4 Å². The fraction of sp³-hybridized carbons (Fsp3) is 0.143. The minimum atomic E-state index is -0.202. The molecule has 1 heterocycles. The molecule has 0 aliphatic rings. The van der Waals surface area contributed by atoms with E-state index < -0.39 is 0 Å². The molecule has 2 rings (SSSR count). The van der Waals surface area contributed by atoms with E-state index in [1.54, 1.807) is 34.9 Å². The van der Waals surface area contributed by atoms with Crippen molar-refractivity contribution in [3.63, 3.8) is 0 Å². The van der Waals surface area contributed by atoms with Crippen LogP contribution in [0.4, 0.5) is 11.6 Å².